The first-order valence-corrected chi connectivity index (χ1v) is 5.56. The number of benzene rings is 1. The van der Waals surface area contributed by atoms with Crippen LogP contribution in [0.15, 0.2) is 12.1 Å². The highest BCUT2D eigenvalue weighted by molar-refractivity contribution is 6.35. The predicted molar refractivity (Wildman–Crippen MR) is 69.0 cm³/mol. The second kappa shape index (κ2) is 6.85. The zero-order valence-electron chi connectivity index (χ0n) is 9.29. The number of phenolic OH excluding ortho intramolecular Hbond substituents is 1. The van der Waals surface area contributed by atoms with Gasteiger partial charge in [-0.3, -0.25) is 0 Å². The number of rotatable bonds is 3. The van der Waals surface area contributed by atoms with E-state index in [2.05, 4.69) is 0 Å². The Labute approximate surface area is 123 Å². The zero-order valence-corrected chi connectivity index (χ0v) is 11.6. The number of aliphatic hydroxyl groups excluding tert-OH is 1. The van der Waals surface area contributed by atoms with Crippen LogP contribution in [0.25, 0.3) is 0 Å². The molecule has 2 atom stereocenters. The summed E-state index contributed by atoms with van der Waals surface area (Å²) in [5.41, 5.74) is 4.69. The number of phenols is 1. The summed E-state index contributed by atoms with van der Waals surface area (Å²) in [7, 11) is 0. The van der Waals surface area contributed by atoms with Gasteiger partial charge < -0.3 is 15.9 Å². The molecule has 0 saturated heterocycles. The van der Waals surface area contributed by atoms with E-state index in [1.807, 2.05) is 0 Å². The van der Waals surface area contributed by atoms with Crippen LogP contribution >= 0.6 is 35.6 Å². The summed E-state index contributed by atoms with van der Waals surface area (Å²) in [6, 6.07) is 0.138. The number of aliphatic hydroxyl groups is 1. The second-order valence-corrected chi connectivity index (χ2v) is 4.57. The monoisotopic (exact) mass is 339 g/mol. The maximum atomic E-state index is 12.2. The second-order valence-electron chi connectivity index (χ2n) is 3.73. The van der Waals surface area contributed by atoms with Gasteiger partial charge in [-0.1, -0.05) is 23.2 Å². The molecule has 0 fully saturated rings. The number of hydrogen-bond donors (Lipinski definition) is 3. The first kappa shape index (κ1) is 18.6. The molecule has 0 bridgehead atoms. The van der Waals surface area contributed by atoms with E-state index in [-0.39, 0.29) is 28.0 Å². The number of alkyl halides is 3. The van der Waals surface area contributed by atoms with Crippen LogP contribution < -0.4 is 5.73 Å². The third-order valence-electron chi connectivity index (χ3n) is 2.31. The maximum absolute atomic E-state index is 12.2. The maximum Gasteiger partial charge on any atom is 0.403 e. The average Bonchev–Trinajstić information content (AvgIpc) is 2.21. The number of halogens is 6. The number of hydrogen-bond acceptors (Lipinski definition) is 3. The van der Waals surface area contributed by atoms with E-state index in [9.17, 15) is 23.4 Å². The third-order valence-corrected chi connectivity index (χ3v) is 2.82. The first-order valence-electron chi connectivity index (χ1n) is 4.81. The Kier molecular flexibility index (Phi) is 6.71. The molecule has 0 saturated carbocycles. The van der Waals surface area contributed by atoms with Crippen LogP contribution in [0.5, 0.6) is 5.75 Å². The van der Waals surface area contributed by atoms with Gasteiger partial charge >= 0.3 is 6.18 Å². The molecule has 1 rings (SSSR count). The lowest BCUT2D eigenvalue weighted by molar-refractivity contribution is -0.153. The molecule has 1 aromatic carbocycles. The molecule has 110 valence electrons. The molecule has 0 aliphatic carbocycles. The molecule has 0 spiro atoms. The SMILES string of the molecule is Cl.N[C@@H](C[C@H](O)c1cc(Cl)cc(Cl)c1O)C(F)(F)F. The van der Waals surface area contributed by atoms with Crippen molar-refractivity contribution in [2.24, 2.45) is 5.73 Å². The molecule has 0 aromatic heterocycles. The first-order chi connectivity index (χ1) is 8.12. The van der Waals surface area contributed by atoms with E-state index >= 15 is 0 Å². The lowest BCUT2D eigenvalue weighted by atomic mass is 10.0. The van der Waals surface area contributed by atoms with Gasteiger partial charge in [0.2, 0.25) is 0 Å². The highest BCUT2D eigenvalue weighted by Crippen LogP contribution is 2.37. The van der Waals surface area contributed by atoms with Crippen molar-refractivity contribution >= 4 is 35.6 Å². The van der Waals surface area contributed by atoms with E-state index in [0.29, 0.717) is 0 Å². The van der Waals surface area contributed by atoms with Gasteiger partial charge in [0, 0.05) is 17.0 Å². The topological polar surface area (TPSA) is 66.5 Å². The highest BCUT2D eigenvalue weighted by atomic mass is 35.5. The summed E-state index contributed by atoms with van der Waals surface area (Å²) >= 11 is 11.2. The molecule has 0 radical (unpaired) electrons. The van der Waals surface area contributed by atoms with Crippen molar-refractivity contribution in [3.8, 4) is 5.75 Å². The van der Waals surface area contributed by atoms with Gasteiger partial charge in [0.15, 0.2) is 0 Å². The van der Waals surface area contributed by atoms with Crippen molar-refractivity contribution in [2.75, 3.05) is 0 Å². The van der Waals surface area contributed by atoms with Gasteiger partial charge in [-0.15, -0.1) is 12.4 Å². The summed E-state index contributed by atoms with van der Waals surface area (Å²) < 4.78 is 36.7. The summed E-state index contributed by atoms with van der Waals surface area (Å²) in [6.07, 6.45) is -7.04. The fourth-order valence-electron chi connectivity index (χ4n) is 1.34. The minimum Gasteiger partial charge on any atom is -0.506 e. The Hall–Kier alpha value is -0.400. The molecular formula is C10H11Cl3F3NO2. The fraction of sp³-hybridized carbons (Fsp3) is 0.400. The van der Waals surface area contributed by atoms with Gasteiger partial charge in [-0.05, 0) is 12.1 Å². The molecule has 1 aromatic rings. The summed E-state index contributed by atoms with van der Waals surface area (Å²) in [5.74, 6) is -0.511. The normalized spacial score (nSPS) is 14.7. The molecular weight excluding hydrogens is 329 g/mol. The summed E-state index contributed by atoms with van der Waals surface area (Å²) in [5, 5.41) is 19.1. The average molecular weight is 341 g/mol. The van der Waals surface area contributed by atoms with Crippen LogP contribution in [0.4, 0.5) is 13.2 Å². The Morgan fingerprint density at radius 1 is 1.26 bits per heavy atom. The molecule has 0 aliphatic rings. The van der Waals surface area contributed by atoms with Crippen molar-refractivity contribution in [1.82, 2.24) is 0 Å². The molecule has 0 amide bonds. The van der Waals surface area contributed by atoms with Crippen LogP contribution in [-0.2, 0) is 0 Å². The van der Waals surface area contributed by atoms with Crippen molar-refractivity contribution in [3.63, 3.8) is 0 Å². The fourth-order valence-corrected chi connectivity index (χ4v) is 1.85. The Bertz CT molecular complexity index is 443. The number of nitrogens with two attached hydrogens (primary N) is 1. The van der Waals surface area contributed by atoms with Crippen molar-refractivity contribution in [2.45, 2.75) is 24.7 Å². The molecule has 0 heterocycles. The van der Waals surface area contributed by atoms with Crippen LogP contribution in [0.3, 0.4) is 0 Å². The lowest BCUT2D eigenvalue weighted by Crippen LogP contribution is -2.38. The molecule has 19 heavy (non-hydrogen) atoms. The quantitative estimate of drug-likeness (QED) is 0.790. The van der Waals surface area contributed by atoms with Crippen molar-refractivity contribution in [1.29, 1.82) is 0 Å². The largest absolute Gasteiger partial charge is 0.506 e. The third kappa shape index (κ3) is 4.89. The minimum atomic E-state index is -4.63. The summed E-state index contributed by atoms with van der Waals surface area (Å²) in [4.78, 5) is 0. The van der Waals surface area contributed by atoms with Crippen molar-refractivity contribution < 1.29 is 23.4 Å². The molecule has 0 aliphatic heterocycles. The Morgan fingerprint density at radius 3 is 2.26 bits per heavy atom. The van der Waals surface area contributed by atoms with Crippen molar-refractivity contribution in [3.05, 3.63) is 27.7 Å². The smallest absolute Gasteiger partial charge is 0.403 e. The van der Waals surface area contributed by atoms with E-state index in [1.54, 1.807) is 0 Å². The lowest BCUT2D eigenvalue weighted by Gasteiger charge is -2.20. The van der Waals surface area contributed by atoms with Crippen LogP contribution in [0.2, 0.25) is 10.0 Å². The van der Waals surface area contributed by atoms with Gasteiger partial charge in [0.1, 0.15) is 11.8 Å². The van der Waals surface area contributed by atoms with Gasteiger partial charge in [-0.2, -0.15) is 13.2 Å². The molecule has 0 unspecified atom stereocenters. The highest BCUT2D eigenvalue weighted by Gasteiger charge is 2.38. The predicted octanol–water partition coefficient (Wildman–Crippen LogP) is 3.43. The standard InChI is InChI=1S/C10H10Cl2F3NO2.ClH/c11-4-1-5(9(18)6(12)2-4)7(17)3-8(16)10(13,14)15;/h1-2,7-8,17-18H,3,16H2;1H/t7-,8-;/m0./s1. The van der Waals surface area contributed by atoms with E-state index < -0.39 is 30.5 Å². The van der Waals surface area contributed by atoms with Crippen LogP contribution in [0.1, 0.15) is 18.1 Å². The molecule has 9 heteroatoms. The minimum absolute atomic E-state index is 0. The van der Waals surface area contributed by atoms with Crippen LogP contribution in [0, 0.1) is 0 Å². The van der Waals surface area contributed by atoms with E-state index in [4.69, 9.17) is 28.9 Å². The zero-order chi connectivity index (χ0) is 14.1. The Morgan fingerprint density at radius 2 is 1.79 bits per heavy atom. The summed E-state index contributed by atoms with van der Waals surface area (Å²) in [6.45, 7) is 0. The van der Waals surface area contributed by atoms with Crippen LogP contribution in [-0.4, -0.2) is 22.4 Å². The van der Waals surface area contributed by atoms with E-state index in [0.717, 1.165) is 6.07 Å². The molecule has 4 N–H and O–H groups in total. The van der Waals surface area contributed by atoms with Gasteiger partial charge in [0.05, 0.1) is 11.1 Å². The number of aromatic hydroxyl groups is 1. The van der Waals surface area contributed by atoms with Gasteiger partial charge in [-0.25, -0.2) is 0 Å². The van der Waals surface area contributed by atoms with Gasteiger partial charge in [0.25, 0.3) is 0 Å². The molecule has 3 nitrogen and oxygen atoms in total. The Balaban J connectivity index is 0.00000324. The van der Waals surface area contributed by atoms with E-state index in [1.165, 1.54) is 6.07 Å².